The highest BCUT2D eigenvalue weighted by atomic mass is 16.6. The molecule has 0 bridgehead atoms. The highest BCUT2D eigenvalue weighted by molar-refractivity contribution is 5.70. The van der Waals surface area contributed by atoms with Gasteiger partial charge in [0.05, 0.1) is 6.61 Å². The first kappa shape index (κ1) is 61.1. The van der Waals surface area contributed by atoms with E-state index in [1.165, 1.54) is 135 Å². The Morgan fingerprint density at radius 2 is 0.719 bits per heavy atom. The Bertz CT molecular complexity index is 1190. The number of carbonyl (C=O) groups excluding carboxylic acids is 2. The molecule has 0 radical (unpaired) electrons. The molecule has 0 fully saturated rings. The summed E-state index contributed by atoms with van der Waals surface area (Å²) in [6.45, 7) is 7.63. The summed E-state index contributed by atoms with van der Waals surface area (Å²) < 4.78 is 17.4. The predicted molar refractivity (Wildman–Crippen MR) is 279 cm³/mol. The van der Waals surface area contributed by atoms with E-state index in [9.17, 15) is 9.59 Å². The summed E-state index contributed by atoms with van der Waals surface area (Å²) in [4.78, 5) is 25.4. The molecule has 368 valence electrons. The Balaban J connectivity index is 4.41. The van der Waals surface area contributed by atoms with Crippen LogP contribution >= 0.6 is 0 Å². The fraction of sp³-hybridized carbons (Fsp3) is 0.729. The van der Waals surface area contributed by atoms with Crippen molar-refractivity contribution in [3.05, 3.63) is 85.1 Å². The van der Waals surface area contributed by atoms with Crippen LogP contribution in [0.15, 0.2) is 85.1 Å². The lowest BCUT2D eigenvalue weighted by Crippen LogP contribution is -2.30. The standard InChI is InChI=1S/C59H102O5/c1-4-7-10-13-16-19-22-25-28-30-32-35-38-41-44-47-50-53-59(61)64-57(55-62-54-51-48-45-42-39-36-33-29-26-23-20-17-14-11-8-5-2)56-63-58(60)52-49-46-43-40-37-34-31-27-24-21-18-15-12-9-6-3/h9,12,18,21,25,27-28,31-32,35,37,40-41,44,57H,4-8,10-11,13-17,19-20,22-24,26,29-30,33-34,36,38-39,42-43,45-56H2,1-3H3/b12-9-,21-18-,28-25-,31-27-,35-32-,40-37-,44-41-/t57-/m1/s1. The molecule has 0 aromatic rings. The number of carbonyl (C=O) groups is 2. The van der Waals surface area contributed by atoms with Crippen molar-refractivity contribution < 1.29 is 23.8 Å². The van der Waals surface area contributed by atoms with Gasteiger partial charge in [-0.05, 0) is 89.9 Å². The van der Waals surface area contributed by atoms with E-state index in [0.717, 1.165) is 83.5 Å². The van der Waals surface area contributed by atoms with Crippen molar-refractivity contribution in [1.29, 1.82) is 0 Å². The van der Waals surface area contributed by atoms with Crippen LogP contribution in [0.3, 0.4) is 0 Å². The fourth-order valence-electron chi connectivity index (χ4n) is 7.40. The molecule has 0 aromatic heterocycles. The Hall–Kier alpha value is -2.92. The highest BCUT2D eigenvalue weighted by Gasteiger charge is 2.17. The quantitative estimate of drug-likeness (QED) is 0.0346. The van der Waals surface area contributed by atoms with Crippen LogP contribution < -0.4 is 0 Å². The molecule has 0 aromatic carbocycles. The normalized spacial score (nSPS) is 12.9. The van der Waals surface area contributed by atoms with Gasteiger partial charge in [-0.3, -0.25) is 9.59 Å². The molecule has 5 heteroatoms. The molecule has 0 aliphatic rings. The van der Waals surface area contributed by atoms with Crippen molar-refractivity contribution in [2.75, 3.05) is 19.8 Å². The molecule has 0 saturated heterocycles. The van der Waals surface area contributed by atoms with Crippen LogP contribution in [-0.2, 0) is 23.8 Å². The third kappa shape index (κ3) is 51.7. The first-order valence-corrected chi connectivity index (χ1v) is 27.1. The lowest BCUT2D eigenvalue weighted by molar-refractivity contribution is -0.162. The number of allylic oxidation sites excluding steroid dienone is 14. The average Bonchev–Trinajstić information content (AvgIpc) is 3.30. The molecule has 5 nitrogen and oxygen atoms in total. The number of ether oxygens (including phenoxy) is 3. The molecule has 0 aliphatic carbocycles. The smallest absolute Gasteiger partial charge is 0.306 e. The second kappa shape index (κ2) is 54.4. The first-order chi connectivity index (χ1) is 31.6. The minimum atomic E-state index is -0.581. The maximum absolute atomic E-state index is 12.8. The molecule has 0 rings (SSSR count). The Morgan fingerprint density at radius 3 is 1.17 bits per heavy atom. The van der Waals surface area contributed by atoms with Gasteiger partial charge in [0.2, 0.25) is 0 Å². The largest absolute Gasteiger partial charge is 0.462 e. The van der Waals surface area contributed by atoms with E-state index in [1.807, 2.05) is 0 Å². The van der Waals surface area contributed by atoms with E-state index >= 15 is 0 Å². The molecule has 0 N–H and O–H groups in total. The monoisotopic (exact) mass is 891 g/mol. The molecule has 0 spiro atoms. The second-order valence-electron chi connectivity index (χ2n) is 17.8. The van der Waals surface area contributed by atoms with Crippen molar-refractivity contribution >= 4 is 11.9 Å². The van der Waals surface area contributed by atoms with Gasteiger partial charge in [-0.15, -0.1) is 0 Å². The van der Waals surface area contributed by atoms with Gasteiger partial charge >= 0.3 is 11.9 Å². The van der Waals surface area contributed by atoms with Crippen molar-refractivity contribution in [1.82, 2.24) is 0 Å². The molecule has 0 saturated carbocycles. The van der Waals surface area contributed by atoms with E-state index in [1.54, 1.807) is 0 Å². The van der Waals surface area contributed by atoms with Gasteiger partial charge in [0.1, 0.15) is 6.61 Å². The van der Waals surface area contributed by atoms with E-state index in [0.29, 0.717) is 19.4 Å². The minimum absolute atomic E-state index is 0.0425. The summed E-state index contributed by atoms with van der Waals surface area (Å²) in [6.07, 6.45) is 71.8. The van der Waals surface area contributed by atoms with Gasteiger partial charge < -0.3 is 14.2 Å². The van der Waals surface area contributed by atoms with E-state index in [-0.39, 0.29) is 25.2 Å². The molecule has 0 heterocycles. The molecule has 0 aliphatic heterocycles. The van der Waals surface area contributed by atoms with Gasteiger partial charge in [0, 0.05) is 19.4 Å². The molecular weight excluding hydrogens is 789 g/mol. The lowest BCUT2D eigenvalue weighted by atomic mass is 10.0. The summed E-state index contributed by atoms with van der Waals surface area (Å²) in [5, 5.41) is 0. The van der Waals surface area contributed by atoms with Gasteiger partial charge in [-0.25, -0.2) is 0 Å². The second-order valence-corrected chi connectivity index (χ2v) is 17.8. The van der Waals surface area contributed by atoms with Crippen molar-refractivity contribution in [3.8, 4) is 0 Å². The van der Waals surface area contributed by atoms with Crippen LogP contribution in [0.4, 0.5) is 0 Å². The van der Waals surface area contributed by atoms with Gasteiger partial charge in [0.15, 0.2) is 6.10 Å². The molecular formula is C59H102O5. The van der Waals surface area contributed by atoms with Crippen LogP contribution in [0.2, 0.25) is 0 Å². The van der Waals surface area contributed by atoms with Crippen molar-refractivity contribution in [2.45, 2.75) is 258 Å². The summed E-state index contributed by atoms with van der Waals surface area (Å²) >= 11 is 0. The number of unbranched alkanes of at least 4 members (excludes halogenated alkanes) is 24. The molecule has 0 unspecified atom stereocenters. The summed E-state index contributed by atoms with van der Waals surface area (Å²) in [6, 6.07) is 0. The zero-order valence-electron chi connectivity index (χ0n) is 42.3. The van der Waals surface area contributed by atoms with Crippen LogP contribution in [0.5, 0.6) is 0 Å². The number of hydrogen-bond donors (Lipinski definition) is 0. The SMILES string of the molecule is CC/C=C\C/C=C\C/C=C\C/C=C\CCCCC(=O)OC[C@@H](COCCCCCCCCCCCCCCCCCC)OC(=O)CCC/C=C\C/C=C\C/C=C\CCCCCCCC. The Morgan fingerprint density at radius 1 is 0.359 bits per heavy atom. The van der Waals surface area contributed by atoms with Crippen LogP contribution in [-0.4, -0.2) is 37.9 Å². The third-order valence-electron chi connectivity index (χ3n) is 11.4. The third-order valence-corrected chi connectivity index (χ3v) is 11.4. The van der Waals surface area contributed by atoms with E-state index in [4.69, 9.17) is 14.2 Å². The van der Waals surface area contributed by atoms with Gasteiger partial charge in [0.25, 0.3) is 0 Å². The zero-order valence-corrected chi connectivity index (χ0v) is 42.3. The summed E-state index contributed by atoms with van der Waals surface area (Å²) in [5.74, 6) is -0.501. The Kier molecular flexibility index (Phi) is 51.9. The zero-order chi connectivity index (χ0) is 46.3. The highest BCUT2D eigenvalue weighted by Crippen LogP contribution is 2.15. The number of hydrogen-bond acceptors (Lipinski definition) is 5. The lowest BCUT2D eigenvalue weighted by Gasteiger charge is -2.18. The van der Waals surface area contributed by atoms with Crippen LogP contribution in [0, 0.1) is 0 Å². The fourth-order valence-corrected chi connectivity index (χ4v) is 7.40. The minimum Gasteiger partial charge on any atom is -0.462 e. The van der Waals surface area contributed by atoms with Crippen molar-refractivity contribution in [3.63, 3.8) is 0 Å². The molecule has 64 heavy (non-hydrogen) atoms. The Labute approximate surface area is 397 Å². The van der Waals surface area contributed by atoms with Crippen LogP contribution in [0.1, 0.15) is 252 Å². The van der Waals surface area contributed by atoms with Crippen molar-refractivity contribution in [2.24, 2.45) is 0 Å². The van der Waals surface area contributed by atoms with Crippen LogP contribution in [0.25, 0.3) is 0 Å². The van der Waals surface area contributed by atoms with Gasteiger partial charge in [-0.1, -0.05) is 234 Å². The maximum atomic E-state index is 12.8. The van der Waals surface area contributed by atoms with E-state index in [2.05, 4.69) is 106 Å². The number of esters is 2. The summed E-state index contributed by atoms with van der Waals surface area (Å²) in [7, 11) is 0. The molecule has 0 amide bonds. The maximum Gasteiger partial charge on any atom is 0.306 e. The van der Waals surface area contributed by atoms with E-state index < -0.39 is 6.10 Å². The first-order valence-electron chi connectivity index (χ1n) is 27.1. The number of rotatable bonds is 49. The predicted octanol–water partition coefficient (Wildman–Crippen LogP) is 18.5. The van der Waals surface area contributed by atoms with Gasteiger partial charge in [-0.2, -0.15) is 0 Å². The molecule has 1 atom stereocenters. The summed E-state index contributed by atoms with van der Waals surface area (Å²) in [5.41, 5.74) is 0. The average molecular weight is 891 g/mol. The topological polar surface area (TPSA) is 61.8 Å².